The quantitative estimate of drug-likeness (QED) is 0.626. The molecule has 0 radical (unpaired) electrons. The highest BCUT2D eigenvalue weighted by Crippen LogP contribution is 2.28. The van der Waals surface area contributed by atoms with Gasteiger partial charge in [0.25, 0.3) is 11.8 Å². The van der Waals surface area contributed by atoms with Crippen LogP contribution in [0.5, 0.6) is 0 Å². The number of aromatic nitrogens is 3. The zero-order valence-corrected chi connectivity index (χ0v) is 18.2. The Kier molecular flexibility index (Phi) is 5.63. The molecule has 0 spiro atoms. The van der Waals surface area contributed by atoms with E-state index in [-0.39, 0.29) is 11.8 Å². The fourth-order valence-corrected chi connectivity index (χ4v) is 5.05. The normalized spacial score (nSPS) is 17.8. The molecule has 2 amide bonds. The number of nitrogens with zero attached hydrogens (tertiary/aromatic N) is 5. The number of piperidine rings is 2. The number of hydrogen-bond acceptors (Lipinski definition) is 6. The lowest BCUT2D eigenvalue weighted by atomic mass is 9.92. The van der Waals surface area contributed by atoms with E-state index in [2.05, 4.69) is 13.7 Å². The van der Waals surface area contributed by atoms with E-state index in [1.54, 1.807) is 6.20 Å². The van der Waals surface area contributed by atoms with Crippen molar-refractivity contribution in [3.05, 3.63) is 53.3 Å². The van der Waals surface area contributed by atoms with Gasteiger partial charge in [0.05, 0.1) is 17.3 Å². The van der Waals surface area contributed by atoms with Crippen molar-refractivity contribution in [3.8, 4) is 0 Å². The molecule has 2 aliphatic heterocycles. The summed E-state index contributed by atoms with van der Waals surface area (Å²) in [5, 5.41) is 0. The molecule has 0 unspecified atom stereocenters. The van der Waals surface area contributed by atoms with Gasteiger partial charge in [-0.1, -0.05) is 0 Å². The zero-order valence-electron chi connectivity index (χ0n) is 17.4. The summed E-state index contributed by atoms with van der Waals surface area (Å²) in [5.41, 5.74) is 3.95. The Morgan fingerprint density at radius 2 is 1.48 bits per heavy atom. The number of amides is 2. The zero-order chi connectivity index (χ0) is 21.2. The molecule has 4 heterocycles. The van der Waals surface area contributed by atoms with E-state index in [0.717, 1.165) is 67.2 Å². The predicted octanol–water partition coefficient (Wildman–Crippen LogP) is 3.73. The van der Waals surface area contributed by atoms with Crippen molar-refractivity contribution in [2.45, 2.75) is 38.0 Å². The van der Waals surface area contributed by atoms with Crippen LogP contribution in [0.2, 0.25) is 0 Å². The molecule has 5 rings (SSSR count). The summed E-state index contributed by atoms with van der Waals surface area (Å²) in [6.07, 6.45) is 6.85. The van der Waals surface area contributed by atoms with Crippen LogP contribution in [0, 0.1) is 0 Å². The molecule has 0 atom stereocenters. The van der Waals surface area contributed by atoms with E-state index in [1.807, 2.05) is 40.1 Å². The average Bonchev–Trinajstić information content (AvgIpc) is 3.32. The second-order valence-corrected chi connectivity index (χ2v) is 8.89. The van der Waals surface area contributed by atoms with Crippen LogP contribution >= 0.6 is 11.7 Å². The molecule has 0 bridgehead atoms. The minimum absolute atomic E-state index is 0.0452. The topological polar surface area (TPSA) is 79.3 Å². The summed E-state index contributed by atoms with van der Waals surface area (Å²) in [6, 6.07) is 9.41. The molecule has 2 aromatic heterocycles. The van der Waals surface area contributed by atoms with Gasteiger partial charge in [0.15, 0.2) is 0 Å². The van der Waals surface area contributed by atoms with Crippen LogP contribution in [0.1, 0.15) is 64.4 Å². The van der Waals surface area contributed by atoms with Crippen LogP contribution in [-0.4, -0.2) is 61.5 Å². The van der Waals surface area contributed by atoms with Gasteiger partial charge in [-0.3, -0.25) is 14.6 Å². The molecule has 8 heteroatoms. The first-order chi connectivity index (χ1) is 15.2. The predicted molar refractivity (Wildman–Crippen MR) is 119 cm³/mol. The molecule has 3 aromatic rings. The van der Waals surface area contributed by atoms with E-state index in [4.69, 9.17) is 0 Å². The first kappa shape index (κ1) is 20.1. The van der Waals surface area contributed by atoms with Crippen molar-refractivity contribution in [2.24, 2.45) is 0 Å². The van der Waals surface area contributed by atoms with Crippen LogP contribution in [0.15, 0.2) is 36.5 Å². The number of hydrogen-bond donors (Lipinski definition) is 0. The van der Waals surface area contributed by atoms with Gasteiger partial charge in [-0.2, -0.15) is 8.75 Å². The molecular formula is C23H25N5O2S. The summed E-state index contributed by atoms with van der Waals surface area (Å²) >= 11 is 1.16. The van der Waals surface area contributed by atoms with E-state index in [1.165, 1.54) is 6.42 Å². The summed E-state index contributed by atoms with van der Waals surface area (Å²) < 4.78 is 8.43. The monoisotopic (exact) mass is 435 g/mol. The third kappa shape index (κ3) is 4.17. The highest BCUT2D eigenvalue weighted by molar-refractivity contribution is 7.00. The van der Waals surface area contributed by atoms with Crippen molar-refractivity contribution in [1.29, 1.82) is 0 Å². The fourth-order valence-electron chi connectivity index (χ4n) is 4.53. The summed E-state index contributed by atoms with van der Waals surface area (Å²) in [7, 11) is 0. The van der Waals surface area contributed by atoms with Crippen LogP contribution < -0.4 is 0 Å². The molecule has 0 N–H and O–H groups in total. The summed E-state index contributed by atoms with van der Waals surface area (Å²) in [6.45, 7) is 3.10. The number of rotatable bonds is 3. The van der Waals surface area contributed by atoms with Gasteiger partial charge in [-0.25, -0.2) is 0 Å². The van der Waals surface area contributed by atoms with Gasteiger partial charge in [-0.05, 0) is 62.4 Å². The van der Waals surface area contributed by atoms with Crippen LogP contribution in [0.3, 0.4) is 0 Å². The Morgan fingerprint density at radius 1 is 0.806 bits per heavy atom. The third-order valence-electron chi connectivity index (χ3n) is 6.38. The van der Waals surface area contributed by atoms with E-state index < -0.39 is 0 Å². The number of carbonyl (C=O) groups excluding carboxylic acids is 2. The second kappa shape index (κ2) is 8.70. The van der Waals surface area contributed by atoms with Crippen molar-refractivity contribution < 1.29 is 9.59 Å². The summed E-state index contributed by atoms with van der Waals surface area (Å²) in [4.78, 5) is 34.0. The lowest BCUT2D eigenvalue weighted by molar-refractivity contribution is 0.0706. The molecule has 2 aliphatic rings. The highest BCUT2D eigenvalue weighted by atomic mass is 32.1. The van der Waals surface area contributed by atoms with Gasteiger partial charge in [0.1, 0.15) is 11.0 Å². The minimum atomic E-state index is 0.0452. The maximum absolute atomic E-state index is 12.9. The largest absolute Gasteiger partial charge is 0.339 e. The Bertz CT molecular complexity index is 1080. The molecule has 0 saturated carbocycles. The Balaban J connectivity index is 1.20. The van der Waals surface area contributed by atoms with E-state index >= 15 is 0 Å². The molecule has 2 fully saturated rings. The van der Waals surface area contributed by atoms with Crippen molar-refractivity contribution >= 4 is 34.6 Å². The third-order valence-corrected chi connectivity index (χ3v) is 6.93. The van der Waals surface area contributed by atoms with Gasteiger partial charge < -0.3 is 9.80 Å². The van der Waals surface area contributed by atoms with Crippen molar-refractivity contribution in [1.82, 2.24) is 23.5 Å². The van der Waals surface area contributed by atoms with Gasteiger partial charge in [0, 0.05) is 49.6 Å². The average molecular weight is 436 g/mol. The number of pyridine rings is 1. The molecular weight excluding hydrogens is 410 g/mol. The molecule has 2 saturated heterocycles. The lowest BCUT2D eigenvalue weighted by Gasteiger charge is -2.32. The van der Waals surface area contributed by atoms with E-state index in [9.17, 15) is 9.59 Å². The van der Waals surface area contributed by atoms with Gasteiger partial charge in [0.2, 0.25) is 0 Å². The van der Waals surface area contributed by atoms with Crippen LogP contribution in [0.25, 0.3) is 11.0 Å². The number of carbonyl (C=O) groups is 2. The molecule has 31 heavy (non-hydrogen) atoms. The van der Waals surface area contributed by atoms with E-state index in [0.29, 0.717) is 30.1 Å². The van der Waals surface area contributed by atoms with Crippen molar-refractivity contribution in [3.63, 3.8) is 0 Å². The molecule has 1 aromatic carbocycles. The highest BCUT2D eigenvalue weighted by Gasteiger charge is 2.26. The standard InChI is InChI=1S/C23H25N5O2S/c29-22(17-4-7-20-21(14-17)26-31-25-20)28-12-8-16(9-13-28)19-6-5-18(15-24-19)23(30)27-10-2-1-3-11-27/h4-7,14-16H,1-3,8-13H2. The maximum Gasteiger partial charge on any atom is 0.255 e. The first-order valence-electron chi connectivity index (χ1n) is 11.0. The molecule has 0 aliphatic carbocycles. The smallest absolute Gasteiger partial charge is 0.255 e. The SMILES string of the molecule is O=C(c1ccc(C2CCN(C(=O)c3ccc4nsnc4c3)CC2)nc1)N1CCCCC1. The maximum atomic E-state index is 12.9. The number of benzene rings is 1. The van der Waals surface area contributed by atoms with Gasteiger partial charge in [-0.15, -0.1) is 0 Å². The summed E-state index contributed by atoms with van der Waals surface area (Å²) in [5.74, 6) is 0.448. The van der Waals surface area contributed by atoms with Crippen molar-refractivity contribution in [2.75, 3.05) is 26.2 Å². The van der Waals surface area contributed by atoms with Gasteiger partial charge >= 0.3 is 0 Å². The van der Waals surface area contributed by atoms with Crippen LogP contribution in [0.4, 0.5) is 0 Å². The number of fused-ring (bicyclic) bond motifs is 1. The lowest BCUT2D eigenvalue weighted by Crippen LogP contribution is -2.38. The molecule has 160 valence electrons. The second-order valence-electron chi connectivity index (χ2n) is 8.36. The number of likely N-dealkylation sites (tertiary alicyclic amines) is 2. The Morgan fingerprint density at radius 3 is 2.23 bits per heavy atom. The first-order valence-corrected chi connectivity index (χ1v) is 11.7. The fraction of sp³-hybridized carbons (Fsp3) is 0.435. The Hall–Kier alpha value is -2.87. The van der Waals surface area contributed by atoms with Crippen LogP contribution in [-0.2, 0) is 0 Å². The minimum Gasteiger partial charge on any atom is -0.339 e. The molecule has 7 nitrogen and oxygen atoms in total. The Labute approximate surface area is 185 Å².